The molecule has 148 valence electrons. The number of nitrogens with zero attached hydrogens (tertiary/aromatic N) is 2. The third-order valence-corrected chi connectivity index (χ3v) is 5.69. The minimum Gasteiger partial charge on any atom is -0.322 e. The van der Waals surface area contributed by atoms with Crippen LogP contribution in [0.15, 0.2) is 72.8 Å². The van der Waals surface area contributed by atoms with Crippen LogP contribution in [0.5, 0.6) is 0 Å². The zero-order chi connectivity index (χ0) is 21.1. The normalized spacial score (nSPS) is 11.1. The number of carbonyl (C=O) groups is 1. The van der Waals surface area contributed by atoms with Crippen LogP contribution >= 0.6 is 22.9 Å². The predicted molar refractivity (Wildman–Crippen MR) is 121 cm³/mol. The Kier molecular flexibility index (Phi) is 5.56. The molecule has 0 saturated carbocycles. The van der Waals surface area contributed by atoms with Crippen molar-refractivity contribution in [2.24, 2.45) is 0 Å². The third kappa shape index (κ3) is 4.22. The fraction of sp³-hybridized carbons (Fsp3) is 0. The highest BCUT2D eigenvalue weighted by Crippen LogP contribution is 2.34. The molecule has 1 amide bonds. The van der Waals surface area contributed by atoms with Gasteiger partial charge in [0.1, 0.15) is 10.0 Å². The summed E-state index contributed by atoms with van der Waals surface area (Å²) in [7, 11) is 0. The molecule has 1 N–H and O–H groups in total. The number of nitro benzene ring substituents is 1. The smallest absolute Gasteiger partial charge is 0.288 e. The molecule has 0 aliphatic heterocycles. The molecule has 0 fully saturated rings. The Labute approximate surface area is 180 Å². The maximum Gasteiger partial charge on any atom is 0.288 e. The van der Waals surface area contributed by atoms with Crippen molar-refractivity contribution in [1.82, 2.24) is 4.98 Å². The van der Waals surface area contributed by atoms with Crippen molar-refractivity contribution < 1.29 is 9.72 Å². The predicted octanol–water partition coefficient (Wildman–Crippen LogP) is 6.18. The minimum atomic E-state index is -0.562. The molecule has 0 atom stereocenters. The Bertz CT molecular complexity index is 1270. The first-order valence-corrected chi connectivity index (χ1v) is 10.1. The van der Waals surface area contributed by atoms with Crippen LogP contribution in [-0.2, 0) is 4.79 Å². The van der Waals surface area contributed by atoms with E-state index in [1.54, 1.807) is 23.5 Å². The van der Waals surface area contributed by atoms with Gasteiger partial charge in [-0.15, -0.1) is 11.3 Å². The van der Waals surface area contributed by atoms with Crippen LogP contribution in [0.1, 0.15) is 5.56 Å². The number of nitro groups is 1. The van der Waals surface area contributed by atoms with Crippen molar-refractivity contribution >= 4 is 56.5 Å². The van der Waals surface area contributed by atoms with Gasteiger partial charge in [0.05, 0.1) is 20.8 Å². The van der Waals surface area contributed by atoms with Crippen LogP contribution in [0.4, 0.5) is 11.4 Å². The van der Waals surface area contributed by atoms with E-state index in [-0.39, 0.29) is 16.6 Å². The van der Waals surface area contributed by atoms with E-state index in [4.69, 9.17) is 11.6 Å². The monoisotopic (exact) mass is 435 g/mol. The van der Waals surface area contributed by atoms with Crippen molar-refractivity contribution in [3.63, 3.8) is 0 Å². The highest BCUT2D eigenvalue weighted by atomic mass is 35.5. The summed E-state index contributed by atoms with van der Waals surface area (Å²) in [5.41, 5.74) is 2.65. The van der Waals surface area contributed by atoms with Crippen LogP contribution in [0.25, 0.3) is 26.9 Å². The van der Waals surface area contributed by atoms with Crippen molar-refractivity contribution in [2.45, 2.75) is 0 Å². The molecular weight excluding hydrogens is 422 g/mol. The molecule has 1 heterocycles. The van der Waals surface area contributed by atoms with E-state index in [0.717, 1.165) is 20.8 Å². The highest BCUT2D eigenvalue weighted by Gasteiger charge is 2.13. The van der Waals surface area contributed by atoms with Crippen LogP contribution in [0.3, 0.4) is 0 Å². The fourth-order valence-electron chi connectivity index (χ4n) is 2.89. The number of amides is 1. The summed E-state index contributed by atoms with van der Waals surface area (Å²) in [5, 5.41) is 14.7. The van der Waals surface area contributed by atoms with E-state index in [1.165, 1.54) is 24.3 Å². The van der Waals surface area contributed by atoms with Crippen molar-refractivity contribution in [3.8, 4) is 10.6 Å². The molecule has 3 aromatic carbocycles. The molecule has 6 nitrogen and oxygen atoms in total. The third-order valence-electron chi connectivity index (χ3n) is 4.30. The van der Waals surface area contributed by atoms with Gasteiger partial charge in [0.2, 0.25) is 5.91 Å². The summed E-state index contributed by atoms with van der Waals surface area (Å²) in [5.74, 6) is -0.360. The quantitative estimate of drug-likeness (QED) is 0.230. The van der Waals surface area contributed by atoms with E-state index < -0.39 is 4.92 Å². The average molecular weight is 436 g/mol. The SMILES string of the molecule is O=C(C=Cc1ccc(Cl)c([N+](=O)[O-])c1)Nc1ccccc1-c1nc2ccccc2s1. The van der Waals surface area contributed by atoms with Gasteiger partial charge in [-0.3, -0.25) is 14.9 Å². The van der Waals surface area contributed by atoms with Gasteiger partial charge in [0, 0.05) is 17.7 Å². The van der Waals surface area contributed by atoms with Crippen LogP contribution in [0.2, 0.25) is 5.02 Å². The second kappa shape index (κ2) is 8.44. The number of anilines is 1. The first-order valence-electron chi connectivity index (χ1n) is 8.89. The van der Waals surface area contributed by atoms with Gasteiger partial charge < -0.3 is 5.32 Å². The number of benzene rings is 3. The number of nitrogens with one attached hydrogen (secondary N) is 1. The van der Waals surface area contributed by atoms with Crippen LogP contribution in [0, 0.1) is 10.1 Å². The topological polar surface area (TPSA) is 85.1 Å². The van der Waals surface area contributed by atoms with E-state index >= 15 is 0 Å². The Morgan fingerprint density at radius 1 is 1.10 bits per heavy atom. The second-order valence-electron chi connectivity index (χ2n) is 6.32. The van der Waals surface area contributed by atoms with Gasteiger partial charge in [-0.05, 0) is 42.0 Å². The van der Waals surface area contributed by atoms with Crippen molar-refractivity contribution in [1.29, 1.82) is 0 Å². The maximum atomic E-state index is 12.5. The first kappa shape index (κ1) is 19.8. The summed E-state index contributed by atoms with van der Waals surface area (Å²) in [6.07, 6.45) is 2.82. The number of carbonyl (C=O) groups excluding carboxylic acids is 1. The molecule has 0 aliphatic carbocycles. The zero-order valence-corrected chi connectivity index (χ0v) is 17.0. The lowest BCUT2D eigenvalue weighted by Crippen LogP contribution is -2.08. The number of fused-ring (bicyclic) bond motifs is 1. The van der Waals surface area contributed by atoms with Crippen LogP contribution in [-0.4, -0.2) is 15.8 Å². The van der Waals surface area contributed by atoms with Gasteiger partial charge in [0.15, 0.2) is 0 Å². The molecule has 0 unspecified atom stereocenters. The molecule has 1 aromatic heterocycles. The number of hydrogen-bond acceptors (Lipinski definition) is 5. The number of halogens is 1. The Morgan fingerprint density at radius 3 is 2.67 bits per heavy atom. The van der Waals surface area contributed by atoms with Crippen molar-refractivity contribution in [3.05, 3.63) is 93.5 Å². The molecule has 0 spiro atoms. The maximum absolute atomic E-state index is 12.5. The molecular formula is C22H14ClN3O3S. The molecule has 30 heavy (non-hydrogen) atoms. The van der Waals surface area contributed by atoms with Crippen LogP contribution < -0.4 is 5.32 Å². The summed E-state index contributed by atoms with van der Waals surface area (Å²) in [6.45, 7) is 0. The fourth-order valence-corrected chi connectivity index (χ4v) is 4.08. The number of aromatic nitrogens is 1. The zero-order valence-electron chi connectivity index (χ0n) is 15.4. The second-order valence-corrected chi connectivity index (χ2v) is 7.76. The Balaban J connectivity index is 1.56. The van der Waals surface area contributed by atoms with E-state index in [9.17, 15) is 14.9 Å². The Morgan fingerprint density at radius 2 is 1.87 bits per heavy atom. The molecule has 0 radical (unpaired) electrons. The lowest BCUT2D eigenvalue weighted by Gasteiger charge is -2.07. The summed E-state index contributed by atoms with van der Waals surface area (Å²) in [4.78, 5) is 27.5. The molecule has 8 heteroatoms. The lowest BCUT2D eigenvalue weighted by atomic mass is 10.1. The Hall–Kier alpha value is -3.55. The summed E-state index contributed by atoms with van der Waals surface area (Å²) < 4.78 is 1.07. The van der Waals surface area contributed by atoms with Gasteiger partial charge >= 0.3 is 0 Å². The van der Waals surface area contributed by atoms with E-state index in [0.29, 0.717) is 11.3 Å². The number of hydrogen-bond donors (Lipinski definition) is 1. The van der Waals surface area contributed by atoms with Crippen molar-refractivity contribution in [2.75, 3.05) is 5.32 Å². The van der Waals surface area contributed by atoms with E-state index in [1.807, 2.05) is 42.5 Å². The molecule has 0 saturated heterocycles. The van der Waals surface area contributed by atoms with Gasteiger partial charge in [-0.25, -0.2) is 4.98 Å². The molecule has 4 aromatic rings. The summed E-state index contributed by atoms with van der Waals surface area (Å²) >= 11 is 7.37. The minimum absolute atomic E-state index is 0.0476. The van der Waals surface area contributed by atoms with Gasteiger partial charge in [0.25, 0.3) is 5.69 Å². The lowest BCUT2D eigenvalue weighted by molar-refractivity contribution is -0.384. The molecule has 0 aliphatic rings. The van der Waals surface area contributed by atoms with Gasteiger partial charge in [-0.2, -0.15) is 0 Å². The molecule has 4 rings (SSSR count). The number of para-hydroxylation sites is 2. The first-order chi connectivity index (χ1) is 14.5. The molecule has 0 bridgehead atoms. The average Bonchev–Trinajstić information content (AvgIpc) is 3.17. The largest absolute Gasteiger partial charge is 0.322 e. The highest BCUT2D eigenvalue weighted by molar-refractivity contribution is 7.21. The van der Waals surface area contributed by atoms with E-state index in [2.05, 4.69) is 10.3 Å². The summed E-state index contributed by atoms with van der Waals surface area (Å²) in [6, 6.07) is 19.6. The standard InChI is InChI=1S/C22H14ClN3O3S/c23-16-11-9-14(13-19(16)26(28)29)10-12-21(27)24-17-6-2-1-5-15(17)22-25-18-7-3-4-8-20(18)30-22/h1-13H,(H,24,27). The number of thiazole rings is 1. The number of rotatable bonds is 5. The van der Waals surface area contributed by atoms with Gasteiger partial charge in [-0.1, -0.05) is 41.9 Å².